The molecule has 0 saturated heterocycles. The van der Waals surface area contributed by atoms with Gasteiger partial charge in [-0.3, -0.25) is 4.79 Å². The summed E-state index contributed by atoms with van der Waals surface area (Å²) in [6.07, 6.45) is 2.11. The summed E-state index contributed by atoms with van der Waals surface area (Å²) >= 11 is 0. The highest BCUT2D eigenvalue weighted by Crippen LogP contribution is 2.19. The smallest absolute Gasteiger partial charge is 0.166 e. The Balaban J connectivity index is 2.64. The van der Waals surface area contributed by atoms with Gasteiger partial charge in [0.05, 0.1) is 11.4 Å². The van der Waals surface area contributed by atoms with Crippen LogP contribution in [0.15, 0.2) is 30.5 Å². The molecule has 0 aliphatic rings. The van der Waals surface area contributed by atoms with Crippen molar-refractivity contribution in [2.75, 3.05) is 0 Å². The molecule has 0 amide bonds. The van der Waals surface area contributed by atoms with E-state index < -0.39 is 11.6 Å². The first-order valence-electron chi connectivity index (χ1n) is 4.72. The fraction of sp³-hybridized carbons (Fsp3) is 0.0833. The molecular formula is C12H9F2NO. The van der Waals surface area contributed by atoms with Crippen LogP contribution < -0.4 is 0 Å². The van der Waals surface area contributed by atoms with Gasteiger partial charge in [-0.25, -0.2) is 8.78 Å². The van der Waals surface area contributed by atoms with E-state index in [1.807, 2.05) is 0 Å². The minimum atomic E-state index is -0.557. The lowest BCUT2D eigenvalue weighted by atomic mass is 10.2. The second kappa shape index (κ2) is 3.89. The number of halogens is 2. The summed E-state index contributed by atoms with van der Waals surface area (Å²) in [5, 5.41) is 0. The molecule has 0 fully saturated rings. The third kappa shape index (κ3) is 1.62. The molecule has 2 nitrogen and oxygen atoms in total. The number of rotatable bonds is 2. The van der Waals surface area contributed by atoms with Gasteiger partial charge in [0.15, 0.2) is 6.29 Å². The SMILES string of the molecule is Cc1cc(F)c(-n2cccc2C=O)cc1F. The summed E-state index contributed by atoms with van der Waals surface area (Å²) in [6, 6.07) is 5.32. The number of hydrogen-bond acceptors (Lipinski definition) is 1. The summed E-state index contributed by atoms with van der Waals surface area (Å²) in [5.41, 5.74) is 0.554. The lowest BCUT2D eigenvalue weighted by Gasteiger charge is -2.08. The Labute approximate surface area is 91.1 Å². The number of carbonyl (C=O) groups excluding carboxylic acids is 1. The molecule has 0 atom stereocenters. The first-order valence-corrected chi connectivity index (χ1v) is 4.72. The highest BCUT2D eigenvalue weighted by Gasteiger charge is 2.10. The van der Waals surface area contributed by atoms with Gasteiger partial charge in [0, 0.05) is 12.3 Å². The van der Waals surface area contributed by atoms with Crippen molar-refractivity contribution in [2.24, 2.45) is 0 Å². The Morgan fingerprint density at radius 3 is 2.69 bits per heavy atom. The Morgan fingerprint density at radius 1 is 1.25 bits per heavy atom. The zero-order valence-electron chi connectivity index (χ0n) is 8.58. The van der Waals surface area contributed by atoms with Crippen molar-refractivity contribution in [3.8, 4) is 5.69 Å². The zero-order chi connectivity index (χ0) is 11.7. The van der Waals surface area contributed by atoms with E-state index in [1.54, 1.807) is 6.07 Å². The van der Waals surface area contributed by atoms with Crippen molar-refractivity contribution in [3.63, 3.8) is 0 Å². The van der Waals surface area contributed by atoms with E-state index in [9.17, 15) is 13.6 Å². The Morgan fingerprint density at radius 2 is 2.00 bits per heavy atom. The molecule has 0 aliphatic heterocycles. The van der Waals surface area contributed by atoms with Gasteiger partial charge >= 0.3 is 0 Å². The van der Waals surface area contributed by atoms with Gasteiger partial charge < -0.3 is 4.57 Å². The van der Waals surface area contributed by atoms with E-state index in [-0.39, 0.29) is 16.9 Å². The van der Waals surface area contributed by atoms with E-state index in [0.29, 0.717) is 6.29 Å². The Hall–Kier alpha value is -1.97. The van der Waals surface area contributed by atoms with Crippen molar-refractivity contribution < 1.29 is 13.6 Å². The maximum absolute atomic E-state index is 13.6. The molecule has 1 heterocycles. The van der Waals surface area contributed by atoms with E-state index in [1.165, 1.54) is 23.8 Å². The summed E-state index contributed by atoms with van der Waals surface area (Å²) in [5.74, 6) is -1.06. The van der Waals surface area contributed by atoms with Gasteiger partial charge in [0.2, 0.25) is 0 Å². The molecule has 0 bridgehead atoms. The lowest BCUT2D eigenvalue weighted by molar-refractivity contribution is 0.111. The van der Waals surface area contributed by atoms with E-state index in [0.717, 1.165) is 12.1 Å². The molecule has 2 aromatic rings. The first kappa shape index (κ1) is 10.5. The second-order valence-electron chi connectivity index (χ2n) is 3.47. The first-order chi connectivity index (χ1) is 7.63. The largest absolute Gasteiger partial charge is 0.311 e. The molecule has 0 spiro atoms. The van der Waals surface area contributed by atoms with Crippen molar-refractivity contribution in [3.05, 3.63) is 53.4 Å². The van der Waals surface area contributed by atoms with Gasteiger partial charge in [-0.2, -0.15) is 0 Å². The fourth-order valence-electron chi connectivity index (χ4n) is 1.53. The average molecular weight is 221 g/mol. The van der Waals surface area contributed by atoms with Crippen LogP contribution in [0.1, 0.15) is 16.1 Å². The standard InChI is InChI=1S/C12H9F2NO/c1-8-5-11(14)12(6-10(8)13)15-4-2-3-9(15)7-16/h2-7H,1H3. The van der Waals surface area contributed by atoms with Gasteiger partial charge in [-0.05, 0) is 30.7 Å². The minimum absolute atomic E-state index is 0.0372. The molecule has 4 heteroatoms. The molecule has 0 N–H and O–H groups in total. The topological polar surface area (TPSA) is 22.0 Å². The summed E-state index contributed by atoms with van der Waals surface area (Å²) in [4.78, 5) is 10.7. The maximum atomic E-state index is 13.6. The third-order valence-corrected chi connectivity index (χ3v) is 2.39. The molecule has 0 radical (unpaired) electrons. The van der Waals surface area contributed by atoms with Crippen molar-refractivity contribution in [2.45, 2.75) is 6.92 Å². The number of benzene rings is 1. The van der Waals surface area contributed by atoms with Crippen LogP contribution in [0.2, 0.25) is 0 Å². The summed E-state index contributed by atoms with van der Waals surface area (Å²) in [7, 11) is 0. The van der Waals surface area contributed by atoms with Crippen molar-refractivity contribution in [1.82, 2.24) is 4.57 Å². The maximum Gasteiger partial charge on any atom is 0.166 e. The number of aromatic nitrogens is 1. The van der Waals surface area contributed by atoms with Gasteiger partial charge in [0.1, 0.15) is 11.6 Å². The Bertz CT molecular complexity index is 546. The molecule has 16 heavy (non-hydrogen) atoms. The second-order valence-corrected chi connectivity index (χ2v) is 3.47. The predicted molar refractivity (Wildman–Crippen MR) is 55.8 cm³/mol. The van der Waals surface area contributed by atoms with Crippen molar-refractivity contribution >= 4 is 6.29 Å². The average Bonchev–Trinajstić information content (AvgIpc) is 2.71. The zero-order valence-corrected chi connectivity index (χ0v) is 8.58. The molecule has 1 aromatic carbocycles. The monoisotopic (exact) mass is 221 g/mol. The molecule has 1 aromatic heterocycles. The summed E-state index contributed by atoms with van der Waals surface area (Å²) in [6.45, 7) is 1.48. The number of nitrogens with zero attached hydrogens (tertiary/aromatic N) is 1. The van der Waals surface area contributed by atoms with E-state index >= 15 is 0 Å². The van der Waals surface area contributed by atoms with Crippen LogP contribution in [0.5, 0.6) is 0 Å². The van der Waals surface area contributed by atoms with Crippen LogP contribution in [0, 0.1) is 18.6 Å². The summed E-state index contributed by atoms with van der Waals surface area (Å²) < 4.78 is 28.2. The van der Waals surface area contributed by atoms with Gasteiger partial charge in [0.25, 0.3) is 0 Å². The van der Waals surface area contributed by atoms with E-state index in [2.05, 4.69) is 0 Å². The molecule has 2 rings (SSSR count). The van der Waals surface area contributed by atoms with E-state index in [4.69, 9.17) is 0 Å². The molecule has 0 aliphatic carbocycles. The minimum Gasteiger partial charge on any atom is -0.311 e. The van der Waals surface area contributed by atoms with Crippen LogP contribution in [0.4, 0.5) is 8.78 Å². The van der Waals surface area contributed by atoms with Gasteiger partial charge in [-0.1, -0.05) is 0 Å². The lowest BCUT2D eigenvalue weighted by Crippen LogP contribution is -2.02. The number of aryl methyl sites for hydroxylation is 1. The molecule has 82 valence electrons. The van der Waals surface area contributed by atoms with Crippen LogP contribution >= 0.6 is 0 Å². The van der Waals surface area contributed by atoms with Crippen LogP contribution in [-0.4, -0.2) is 10.9 Å². The number of aldehydes is 1. The normalized spacial score (nSPS) is 10.4. The molecule has 0 saturated carbocycles. The molecule has 0 unspecified atom stereocenters. The number of carbonyl (C=O) groups is 1. The quantitative estimate of drug-likeness (QED) is 0.715. The third-order valence-electron chi connectivity index (χ3n) is 2.39. The Kier molecular flexibility index (Phi) is 2.56. The van der Waals surface area contributed by atoms with Gasteiger partial charge in [-0.15, -0.1) is 0 Å². The highest BCUT2D eigenvalue weighted by molar-refractivity contribution is 5.73. The van der Waals surface area contributed by atoms with Crippen molar-refractivity contribution in [1.29, 1.82) is 0 Å². The van der Waals surface area contributed by atoms with Crippen LogP contribution in [0.3, 0.4) is 0 Å². The molecular weight excluding hydrogens is 212 g/mol. The van der Waals surface area contributed by atoms with Crippen LogP contribution in [0.25, 0.3) is 5.69 Å². The van der Waals surface area contributed by atoms with Crippen LogP contribution in [-0.2, 0) is 0 Å². The highest BCUT2D eigenvalue weighted by atomic mass is 19.1. The number of hydrogen-bond donors (Lipinski definition) is 0. The fourth-order valence-corrected chi connectivity index (χ4v) is 1.53. The predicted octanol–water partition coefficient (Wildman–Crippen LogP) is 2.88.